The van der Waals surface area contributed by atoms with E-state index in [2.05, 4.69) is 31.0 Å². The summed E-state index contributed by atoms with van der Waals surface area (Å²) in [4.78, 5) is 15.3. The molecular weight excluding hydrogens is 352 g/mol. The van der Waals surface area contributed by atoms with Crippen molar-refractivity contribution in [1.82, 2.24) is 4.90 Å². The Kier molecular flexibility index (Phi) is 8.77. The molecule has 0 unspecified atom stereocenters. The van der Waals surface area contributed by atoms with Crippen LogP contribution < -0.4 is 10.1 Å². The van der Waals surface area contributed by atoms with E-state index in [9.17, 15) is 4.79 Å². The van der Waals surface area contributed by atoms with Crippen LogP contribution in [-0.4, -0.2) is 48.8 Å². The minimum atomic E-state index is -0.816. The topological polar surface area (TPSA) is 50.8 Å². The Morgan fingerprint density at radius 3 is 2.61 bits per heavy atom. The number of nitrogens with one attached hydrogen (secondary N) is 1. The second kappa shape index (κ2) is 10.8. The second-order valence-corrected chi connectivity index (χ2v) is 8.47. The third-order valence-corrected chi connectivity index (χ3v) is 5.44. The summed E-state index contributed by atoms with van der Waals surface area (Å²) in [7, 11) is 0. The monoisotopic (exact) mass is 390 g/mol. The van der Waals surface area contributed by atoms with E-state index in [0.717, 1.165) is 18.0 Å². The van der Waals surface area contributed by atoms with E-state index >= 15 is 0 Å². The summed E-state index contributed by atoms with van der Waals surface area (Å²) in [5, 5.41) is 2.99. The molecule has 0 bridgehead atoms. The Morgan fingerprint density at radius 2 is 2.00 bits per heavy atom. The van der Waals surface area contributed by atoms with Crippen LogP contribution in [0.2, 0.25) is 0 Å². The van der Waals surface area contributed by atoms with Crippen LogP contribution in [0.25, 0.3) is 0 Å². The van der Waals surface area contributed by atoms with E-state index in [1.165, 1.54) is 25.8 Å². The van der Waals surface area contributed by atoms with Crippen LogP contribution in [0.4, 0.5) is 5.69 Å². The van der Waals surface area contributed by atoms with E-state index < -0.39 is 5.60 Å². The number of anilines is 1. The molecule has 1 aliphatic heterocycles. The average molecular weight is 391 g/mol. The molecule has 2 rings (SSSR count). The molecule has 5 heteroatoms. The number of likely N-dealkylation sites (tertiary alicyclic amines) is 1. The van der Waals surface area contributed by atoms with Gasteiger partial charge in [0.1, 0.15) is 18.0 Å². The van der Waals surface area contributed by atoms with Crippen LogP contribution >= 0.6 is 0 Å². The van der Waals surface area contributed by atoms with Gasteiger partial charge in [0, 0.05) is 24.9 Å². The fourth-order valence-corrected chi connectivity index (χ4v) is 3.98. The highest BCUT2D eigenvalue weighted by Crippen LogP contribution is 2.24. The SMILES string of the molecule is CCO[C@](C)(CC(C)C)C(=O)Nc1ccc(OCCN2CCCC[C@@H]2C)cc1. The lowest BCUT2D eigenvalue weighted by molar-refractivity contribution is -0.140. The molecule has 158 valence electrons. The number of piperidine rings is 1. The summed E-state index contributed by atoms with van der Waals surface area (Å²) >= 11 is 0. The molecule has 0 spiro atoms. The van der Waals surface area contributed by atoms with E-state index in [1.807, 2.05) is 38.1 Å². The number of hydrogen-bond acceptors (Lipinski definition) is 4. The lowest BCUT2D eigenvalue weighted by atomic mass is 9.93. The Bertz CT molecular complexity index is 602. The molecule has 1 fully saturated rings. The molecule has 1 aliphatic rings. The van der Waals surface area contributed by atoms with Gasteiger partial charge in [0.25, 0.3) is 5.91 Å². The van der Waals surface area contributed by atoms with Crippen molar-refractivity contribution in [3.63, 3.8) is 0 Å². The van der Waals surface area contributed by atoms with Crippen molar-refractivity contribution in [1.29, 1.82) is 0 Å². The van der Waals surface area contributed by atoms with Gasteiger partial charge in [-0.2, -0.15) is 0 Å². The zero-order chi connectivity index (χ0) is 20.6. The molecule has 0 saturated carbocycles. The number of hydrogen-bond donors (Lipinski definition) is 1. The first-order valence-electron chi connectivity index (χ1n) is 10.8. The lowest BCUT2D eigenvalue weighted by Crippen LogP contribution is -2.43. The molecule has 0 aromatic heterocycles. The Labute approximate surface area is 170 Å². The standard InChI is InChI=1S/C23H38N2O3/c1-6-28-23(5,17-18(2)3)22(26)24-20-10-12-21(13-11-20)27-16-15-25-14-8-7-9-19(25)4/h10-13,18-19H,6-9,14-17H2,1-5H3,(H,24,26)/t19-,23+/m0/s1. The summed E-state index contributed by atoms with van der Waals surface area (Å²) in [5.41, 5.74) is -0.0554. The zero-order valence-electron chi connectivity index (χ0n) is 18.3. The van der Waals surface area contributed by atoms with E-state index in [1.54, 1.807) is 0 Å². The first kappa shape index (κ1) is 22.7. The molecule has 1 saturated heterocycles. The van der Waals surface area contributed by atoms with Crippen molar-refractivity contribution >= 4 is 11.6 Å². The maximum Gasteiger partial charge on any atom is 0.256 e. The fourth-order valence-electron chi connectivity index (χ4n) is 3.98. The summed E-state index contributed by atoms with van der Waals surface area (Å²) in [6.07, 6.45) is 4.59. The largest absolute Gasteiger partial charge is 0.492 e. The number of carbonyl (C=O) groups excluding carboxylic acids is 1. The summed E-state index contributed by atoms with van der Waals surface area (Å²) in [5.74, 6) is 1.11. The molecule has 2 atom stereocenters. The van der Waals surface area contributed by atoms with E-state index in [0.29, 0.717) is 31.6 Å². The van der Waals surface area contributed by atoms with Crippen LogP contribution in [0, 0.1) is 5.92 Å². The van der Waals surface area contributed by atoms with Gasteiger partial charge in [-0.1, -0.05) is 20.3 Å². The predicted molar refractivity (Wildman–Crippen MR) is 115 cm³/mol. The zero-order valence-corrected chi connectivity index (χ0v) is 18.3. The molecule has 1 aromatic rings. The third kappa shape index (κ3) is 6.78. The number of ether oxygens (including phenoxy) is 2. The van der Waals surface area contributed by atoms with Gasteiger partial charge in [-0.15, -0.1) is 0 Å². The van der Waals surface area contributed by atoms with Crippen LogP contribution in [0.1, 0.15) is 60.3 Å². The number of benzene rings is 1. The molecule has 0 radical (unpaired) electrons. The molecule has 0 aliphatic carbocycles. The lowest BCUT2D eigenvalue weighted by Gasteiger charge is -2.33. The Hall–Kier alpha value is -1.59. The molecule has 1 N–H and O–H groups in total. The normalized spacial score (nSPS) is 20.0. The number of rotatable bonds is 10. The molecule has 28 heavy (non-hydrogen) atoms. The van der Waals surface area contributed by atoms with Gasteiger partial charge in [0.05, 0.1) is 0 Å². The Morgan fingerprint density at radius 1 is 1.29 bits per heavy atom. The van der Waals surface area contributed by atoms with Gasteiger partial charge in [0.2, 0.25) is 0 Å². The van der Waals surface area contributed by atoms with Crippen molar-refractivity contribution in [2.75, 3.05) is 31.6 Å². The quantitative estimate of drug-likeness (QED) is 0.628. The number of carbonyl (C=O) groups is 1. The molecule has 5 nitrogen and oxygen atoms in total. The maximum absolute atomic E-state index is 12.7. The van der Waals surface area contributed by atoms with Gasteiger partial charge < -0.3 is 14.8 Å². The van der Waals surface area contributed by atoms with Gasteiger partial charge >= 0.3 is 0 Å². The number of amides is 1. The highest BCUT2D eigenvalue weighted by molar-refractivity contribution is 5.97. The second-order valence-electron chi connectivity index (χ2n) is 8.47. The van der Waals surface area contributed by atoms with Gasteiger partial charge in [-0.05, 0) is 76.8 Å². The summed E-state index contributed by atoms with van der Waals surface area (Å²) in [6.45, 7) is 13.6. The van der Waals surface area contributed by atoms with E-state index in [4.69, 9.17) is 9.47 Å². The van der Waals surface area contributed by atoms with Crippen molar-refractivity contribution < 1.29 is 14.3 Å². The maximum atomic E-state index is 12.7. The minimum Gasteiger partial charge on any atom is -0.492 e. The summed E-state index contributed by atoms with van der Waals surface area (Å²) in [6, 6.07) is 8.25. The first-order chi connectivity index (χ1) is 13.3. The minimum absolute atomic E-state index is 0.101. The van der Waals surface area contributed by atoms with Crippen LogP contribution in [0.15, 0.2) is 24.3 Å². The molecule has 1 amide bonds. The highest BCUT2D eigenvalue weighted by atomic mass is 16.5. The van der Waals surface area contributed by atoms with Crippen molar-refractivity contribution in [3.8, 4) is 5.75 Å². The highest BCUT2D eigenvalue weighted by Gasteiger charge is 2.34. The molecular formula is C23H38N2O3. The first-order valence-corrected chi connectivity index (χ1v) is 10.8. The number of nitrogens with zero attached hydrogens (tertiary/aromatic N) is 1. The van der Waals surface area contributed by atoms with Crippen LogP contribution in [0.3, 0.4) is 0 Å². The smallest absolute Gasteiger partial charge is 0.256 e. The van der Waals surface area contributed by atoms with E-state index in [-0.39, 0.29) is 5.91 Å². The van der Waals surface area contributed by atoms with Crippen LogP contribution in [0.5, 0.6) is 5.75 Å². The van der Waals surface area contributed by atoms with Gasteiger partial charge in [-0.25, -0.2) is 0 Å². The van der Waals surface area contributed by atoms with Gasteiger partial charge in [-0.3, -0.25) is 9.69 Å². The van der Waals surface area contributed by atoms with Crippen molar-refractivity contribution in [2.24, 2.45) is 5.92 Å². The molecule has 1 aromatic carbocycles. The van der Waals surface area contributed by atoms with Crippen LogP contribution in [-0.2, 0) is 9.53 Å². The van der Waals surface area contributed by atoms with Gasteiger partial charge in [0.15, 0.2) is 0 Å². The fraction of sp³-hybridized carbons (Fsp3) is 0.696. The summed E-state index contributed by atoms with van der Waals surface area (Å²) < 4.78 is 11.7. The predicted octanol–water partition coefficient (Wildman–Crippen LogP) is 4.72. The van der Waals surface area contributed by atoms with Crippen molar-refractivity contribution in [2.45, 2.75) is 71.9 Å². The third-order valence-electron chi connectivity index (χ3n) is 5.44. The Balaban J connectivity index is 1.84. The molecule has 1 heterocycles. The van der Waals surface area contributed by atoms with Crippen molar-refractivity contribution in [3.05, 3.63) is 24.3 Å². The average Bonchev–Trinajstić information content (AvgIpc) is 2.64.